The van der Waals surface area contributed by atoms with Gasteiger partial charge in [-0.2, -0.15) is 0 Å². The van der Waals surface area contributed by atoms with E-state index in [2.05, 4.69) is 117 Å². The van der Waals surface area contributed by atoms with Gasteiger partial charge in [0.15, 0.2) is 0 Å². The predicted octanol–water partition coefficient (Wildman–Crippen LogP) is 12.2. The van der Waals surface area contributed by atoms with Crippen LogP contribution in [0.4, 0.5) is 4.39 Å². The zero-order chi connectivity index (χ0) is 31.2. The first kappa shape index (κ1) is 30.4. The number of rotatable bonds is 9. The van der Waals surface area contributed by atoms with Crippen molar-refractivity contribution in [1.82, 2.24) is 0 Å². The molecule has 0 aliphatic heterocycles. The van der Waals surface area contributed by atoms with E-state index in [0.717, 1.165) is 45.9 Å². The number of unbranched alkanes of at least 4 members (excludes halogenated alkanes) is 3. The number of benzene rings is 6. The fraction of sp³-hybridized carbons (Fsp3) is 0.227. The molecule has 0 aromatic heterocycles. The highest BCUT2D eigenvalue weighted by molar-refractivity contribution is 5.93. The molecule has 0 unspecified atom stereocenters. The topological polar surface area (TPSA) is 0 Å². The molecule has 0 bridgehead atoms. The summed E-state index contributed by atoms with van der Waals surface area (Å²) in [7, 11) is 0. The van der Waals surface area contributed by atoms with Crippen LogP contribution in [0.25, 0.3) is 43.8 Å². The first-order valence-corrected chi connectivity index (χ1v) is 16.5. The Labute approximate surface area is 268 Å². The van der Waals surface area contributed by atoms with Crippen molar-refractivity contribution < 1.29 is 4.39 Å². The molecule has 0 aliphatic rings. The van der Waals surface area contributed by atoms with E-state index in [9.17, 15) is 0 Å². The van der Waals surface area contributed by atoms with E-state index in [4.69, 9.17) is 0 Å². The van der Waals surface area contributed by atoms with Crippen LogP contribution in [0.15, 0.2) is 109 Å². The van der Waals surface area contributed by atoms with E-state index >= 15 is 4.39 Å². The summed E-state index contributed by atoms with van der Waals surface area (Å²) in [6.07, 6.45) is 8.41. The summed E-state index contributed by atoms with van der Waals surface area (Å²) >= 11 is 0. The highest BCUT2D eigenvalue weighted by Crippen LogP contribution is 2.32. The fourth-order valence-corrected chi connectivity index (χ4v) is 6.11. The Bertz CT molecular complexity index is 2020. The molecule has 1 heteroatoms. The first-order valence-electron chi connectivity index (χ1n) is 16.5. The van der Waals surface area contributed by atoms with E-state index in [1.807, 2.05) is 19.1 Å². The summed E-state index contributed by atoms with van der Waals surface area (Å²) in [6, 6.07) is 38.3. The van der Waals surface area contributed by atoms with E-state index in [1.165, 1.54) is 65.1 Å². The van der Waals surface area contributed by atoms with Gasteiger partial charge in [-0.15, -0.1) is 0 Å². The smallest absolute Gasteiger partial charge is 0.132 e. The molecule has 6 rings (SSSR count). The lowest BCUT2D eigenvalue weighted by Crippen LogP contribution is -1.91. The van der Waals surface area contributed by atoms with Crippen molar-refractivity contribution >= 4 is 21.5 Å². The van der Waals surface area contributed by atoms with Gasteiger partial charge in [0.05, 0.1) is 0 Å². The fourth-order valence-electron chi connectivity index (χ4n) is 6.11. The molecular weight excluding hydrogens is 547 g/mol. The van der Waals surface area contributed by atoms with Gasteiger partial charge in [0.25, 0.3) is 0 Å². The van der Waals surface area contributed by atoms with Crippen molar-refractivity contribution in [3.63, 3.8) is 0 Å². The van der Waals surface area contributed by atoms with E-state index in [-0.39, 0.29) is 5.82 Å². The lowest BCUT2D eigenvalue weighted by Gasteiger charge is -2.10. The van der Waals surface area contributed by atoms with Crippen LogP contribution in [-0.4, -0.2) is 0 Å². The molecular formula is C44H41F. The Hall–Kier alpha value is -4.67. The van der Waals surface area contributed by atoms with E-state index in [1.54, 1.807) is 6.07 Å². The average molecular weight is 589 g/mol. The van der Waals surface area contributed by atoms with Gasteiger partial charge in [-0.25, -0.2) is 4.39 Å². The molecule has 6 aromatic rings. The van der Waals surface area contributed by atoms with Gasteiger partial charge in [0, 0.05) is 16.7 Å². The predicted molar refractivity (Wildman–Crippen MR) is 191 cm³/mol. The Morgan fingerprint density at radius 3 is 1.73 bits per heavy atom. The Morgan fingerprint density at radius 1 is 0.511 bits per heavy atom. The highest BCUT2D eigenvalue weighted by atomic mass is 19.1. The third kappa shape index (κ3) is 7.19. The zero-order valence-corrected chi connectivity index (χ0v) is 26.7. The van der Waals surface area contributed by atoms with Crippen LogP contribution < -0.4 is 0 Å². The molecule has 0 spiro atoms. The maximum atomic E-state index is 15.5. The van der Waals surface area contributed by atoms with Crippen LogP contribution in [0.1, 0.15) is 73.8 Å². The van der Waals surface area contributed by atoms with Crippen molar-refractivity contribution in [1.29, 1.82) is 0 Å². The number of fused-ring (bicyclic) bond motifs is 2. The quantitative estimate of drug-likeness (QED) is 0.116. The number of halogens is 1. The number of hydrogen-bond acceptors (Lipinski definition) is 0. The van der Waals surface area contributed by atoms with Crippen LogP contribution in [0.2, 0.25) is 0 Å². The van der Waals surface area contributed by atoms with E-state index < -0.39 is 0 Å². The molecule has 0 saturated heterocycles. The largest absolute Gasteiger partial charge is 0.206 e. The van der Waals surface area contributed by atoms with Crippen molar-refractivity contribution in [2.45, 2.75) is 65.7 Å². The lowest BCUT2D eigenvalue weighted by molar-refractivity contribution is 0.630. The zero-order valence-electron chi connectivity index (χ0n) is 26.7. The lowest BCUT2D eigenvalue weighted by atomic mass is 9.94. The van der Waals surface area contributed by atoms with Gasteiger partial charge >= 0.3 is 0 Å². The van der Waals surface area contributed by atoms with Crippen LogP contribution in [-0.2, 0) is 12.8 Å². The molecule has 0 aliphatic carbocycles. The molecule has 0 fully saturated rings. The standard InChI is InChI=1S/C44H41F/c1-4-6-8-10-34-16-18-37-27-38(20-19-36(37)26-34)39-21-22-41-29-42(24-23-40(41)28-39)43-25-31(3)35(30-44(43)45)17-15-33-13-11-32(12-14-33)9-7-5-2/h11-14,16,18-30H,4-10H2,1-3H3. The molecule has 0 radical (unpaired) electrons. The van der Waals surface area contributed by atoms with Gasteiger partial charge in [0.1, 0.15) is 5.82 Å². The Balaban J connectivity index is 1.21. The molecule has 0 atom stereocenters. The summed E-state index contributed by atoms with van der Waals surface area (Å²) in [5.74, 6) is 6.17. The molecule has 0 nitrogen and oxygen atoms in total. The third-order valence-electron chi connectivity index (χ3n) is 8.89. The highest BCUT2D eigenvalue weighted by Gasteiger charge is 2.10. The van der Waals surface area contributed by atoms with E-state index in [0.29, 0.717) is 5.56 Å². The minimum absolute atomic E-state index is 0.250. The minimum atomic E-state index is -0.250. The van der Waals surface area contributed by atoms with Crippen molar-refractivity contribution in [2.75, 3.05) is 0 Å². The Kier molecular flexibility index (Phi) is 9.42. The molecule has 0 heterocycles. The molecule has 0 saturated carbocycles. The Morgan fingerprint density at radius 2 is 1.07 bits per heavy atom. The maximum absolute atomic E-state index is 15.5. The summed E-state index contributed by atoms with van der Waals surface area (Å²) in [6.45, 7) is 6.46. The second-order valence-electron chi connectivity index (χ2n) is 12.3. The molecule has 224 valence electrons. The summed E-state index contributed by atoms with van der Waals surface area (Å²) in [4.78, 5) is 0. The van der Waals surface area contributed by atoms with Gasteiger partial charge in [0.2, 0.25) is 0 Å². The normalized spacial score (nSPS) is 11.1. The first-order chi connectivity index (χ1) is 22.0. The van der Waals surface area contributed by atoms with Crippen LogP contribution >= 0.6 is 0 Å². The SMILES string of the molecule is CCCCCc1ccc2cc(-c3ccc4cc(-c5cc(C)c(C#Cc6ccc(CCCC)cc6)cc5F)ccc4c3)ccc2c1. The maximum Gasteiger partial charge on any atom is 0.132 e. The van der Waals surface area contributed by atoms with Gasteiger partial charge in [-0.1, -0.05) is 112 Å². The van der Waals surface area contributed by atoms with Crippen molar-refractivity contribution in [3.05, 3.63) is 143 Å². The minimum Gasteiger partial charge on any atom is -0.206 e. The van der Waals surface area contributed by atoms with Crippen LogP contribution in [0.5, 0.6) is 0 Å². The second-order valence-corrected chi connectivity index (χ2v) is 12.3. The van der Waals surface area contributed by atoms with Crippen molar-refractivity contribution in [2.24, 2.45) is 0 Å². The third-order valence-corrected chi connectivity index (χ3v) is 8.89. The number of aryl methyl sites for hydroxylation is 3. The second kappa shape index (κ2) is 14.0. The summed E-state index contributed by atoms with van der Waals surface area (Å²) < 4.78 is 15.5. The summed E-state index contributed by atoms with van der Waals surface area (Å²) in [5.41, 5.74) is 9.26. The van der Waals surface area contributed by atoms with Crippen LogP contribution in [0.3, 0.4) is 0 Å². The molecule has 45 heavy (non-hydrogen) atoms. The van der Waals surface area contributed by atoms with Gasteiger partial charge < -0.3 is 0 Å². The van der Waals surface area contributed by atoms with Gasteiger partial charge in [-0.3, -0.25) is 0 Å². The number of hydrogen-bond donors (Lipinski definition) is 0. The molecule has 0 N–H and O–H groups in total. The van der Waals surface area contributed by atoms with Crippen LogP contribution in [0, 0.1) is 24.6 Å². The van der Waals surface area contributed by atoms with Crippen molar-refractivity contribution in [3.8, 4) is 34.1 Å². The average Bonchev–Trinajstić information content (AvgIpc) is 3.07. The monoisotopic (exact) mass is 588 g/mol. The van der Waals surface area contributed by atoms with Gasteiger partial charge in [-0.05, 0) is 130 Å². The molecule has 6 aromatic carbocycles. The molecule has 0 amide bonds. The summed E-state index contributed by atoms with van der Waals surface area (Å²) in [5, 5.41) is 4.80.